The number of hydrogen-bond donors (Lipinski definition) is 1. The van der Waals surface area contributed by atoms with Gasteiger partial charge in [0.2, 0.25) is 5.82 Å². The van der Waals surface area contributed by atoms with E-state index in [1.165, 1.54) is 25.9 Å². The summed E-state index contributed by atoms with van der Waals surface area (Å²) in [6, 6.07) is 4.05. The summed E-state index contributed by atoms with van der Waals surface area (Å²) < 4.78 is 23.2. The summed E-state index contributed by atoms with van der Waals surface area (Å²) in [7, 11) is 1.66. The van der Waals surface area contributed by atoms with E-state index in [1.54, 1.807) is 13.3 Å². The number of methoxy groups -OCH3 is 1. The summed E-state index contributed by atoms with van der Waals surface area (Å²) in [5, 5.41) is 4.41. The van der Waals surface area contributed by atoms with E-state index in [4.69, 9.17) is 28.6 Å². The van der Waals surface area contributed by atoms with Gasteiger partial charge in [-0.25, -0.2) is 15.0 Å². The Bertz CT molecular complexity index is 1110. The molecule has 182 valence electrons. The van der Waals surface area contributed by atoms with Gasteiger partial charge in [-0.15, -0.1) is 0 Å². The van der Waals surface area contributed by atoms with Crippen molar-refractivity contribution in [2.75, 3.05) is 51.9 Å². The molecule has 0 radical (unpaired) electrons. The third kappa shape index (κ3) is 5.26. The maximum atomic E-state index is 6.14. The molecule has 0 spiro atoms. The lowest BCUT2D eigenvalue weighted by atomic mass is 10.1. The van der Waals surface area contributed by atoms with Crippen LogP contribution in [-0.4, -0.2) is 72.5 Å². The van der Waals surface area contributed by atoms with Crippen LogP contribution in [0.15, 0.2) is 22.7 Å². The van der Waals surface area contributed by atoms with Crippen LogP contribution in [-0.2, 0) is 4.74 Å². The topological polar surface area (TPSA) is 94.8 Å². The first-order valence-corrected chi connectivity index (χ1v) is 12.2. The van der Waals surface area contributed by atoms with E-state index < -0.39 is 0 Å². The molecule has 2 fully saturated rings. The summed E-state index contributed by atoms with van der Waals surface area (Å²) in [5.41, 5.74) is 0.746. The molecule has 0 amide bonds. The molecule has 2 aromatic heterocycles. The molecule has 0 saturated carbocycles. The van der Waals surface area contributed by atoms with Crippen molar-refractivity contribution in [2.24, 2.45) is 0 Å². The average Bonchev–Trinajstić information content (AvgIpc) is 3.54. The normalized spacial score (nSPS) is 18.9. The van der Waals surface area contributed by atoms with Crippen LogP contribution in [0.2, 0.25) is 0 Å². The van der Waals surface area contributed by atoms with Gasteiger partial charge in [0.1, 0.15) is 11.6 Å². The van der Waals surface area contributed by atoms with Gasteiger partial charge in [-0.1, -0.05) is 0 Å². The second-order valence-electron chi connectivity index (χ2n) is 9.00. The molecule has 2 aliphatic rings. The number of likely N-dealkylation sites (tertiary alicyclic amines) is 1. The van der Waals surface area contributed by atoms with Crippen LogP contribution in [0.25, 0.3) is 22.6 Å². The highest BCUT2D eigenvalue weighted by Gasteiger charge is 2.20. The van der Waals surface area contributed by atoms with Gasteiger partial charge in [0, 0.05) is 24.6 Å². The predicted octanol–water partition coefficient (Wildman–Crippen LogP) is 4.06. The van der Waals surface area contributed by atoms with E-state index in [1.807, 2.05) is 19.1 Å². The largest absolute Gasteiger partial charge is 0.493 e. The number of ether oxygens (including phenoxy) is 3. The first kappa shape index (κ1) is 22.9. The Labute approximate surface area is 199 Å². The van der Waals surface area contributed by atoms with Gasteiger partial charge in [-0.3, -0.25) is 0 Å². The van der Waals surface area contributed by atoms with Gasteiger partial charge < -0.3 is 28.8 Å². The lowest BCUT2D eigenvalue weighted by molar-refractivity contribution is 0.0875. The molecule has 4 heterocycles. The summed E-state index contributed by atoms with van der Waals surface area (Å²) in [6.07, 6.45) is 7.29. The van der Waals surface area contributed by atoms with Crippen molar-refractivity contribution in [3.05, 3.63) is 24.1 Å². The summed E-state index contributed by atoms with van der Waals surface area (Å²) in [5.74, 6) is 3.60. The van der Waals surface area contributed by atoms with Crippen LogP contribution in [0.1, 0.15) is 37.9 Å². The number of aromatic nitrogens is 3. The second kappa shape index (κ2) is 10.6. The van der Waals surface area contributed by atoms with Crippen LogP contribution >= 0.6 is 0 Å². The minimum Gasteiger partial charge on any atom is -0.493 e. The SMILES string of the molecule is COc1cc2c(NC3CCCOC3)nc(-c3ncc(C)o3)nc2cc1OCCCN1CCCC1. The summed E-state index contributed by atoms with van der Waals surface area (Å²) in [6.45, 7) is 7.38. The van der Waals surface area contributed by atoms with Gasteiger partial charge in [-0.2, -0.15) is 0 Å². The van der Waals surface area contributed by atoms with Crippen molar-refractivity contribution in [1.29, 1.82) is 0 Å². The quantitative estimate of drug-likeness (QED) is 0.468. The fourth-order valence-electron chi connectivity index (χ4n) is 4.60. The van der Waals surface area contributed by atoms with E-state index in [9.17, 15) is 0 Å². The fourth-order valence-corrected chi connectivity index (χ4v) is 4.60. The zero-order valence-corrected chi connectivity index (χ0v) is 20.0. The van der Waals surface area contributed by atoms with Crippen molar-refractivity contribution in [2.45, 2.75) is 45.1 Å². The highest BCUT2D eigenvalue weighted by atomic mass is 16.5. The fraction of sp³-hybridized carbons (Fsp3) is 0.560. The number of rotatable bonds is 9. The van der Waals surface area contributed by atoms with Crippen LogP contribution < -0.4 is 14.8 Å². The number of benzene rings is 1. The number of nitrogens with zero attached hydrogens (tertiary/aromatic N) is 4. The van der Waals surface area contributed by atoms with Crippen LogP contribution in [0.5, 0.6) is 11.5 Å². The molecule has 9 heteroatoms. The minimum absolute atomic E-state index is 0.179. The summed E-state index contributed by atoms with van der Waals surface area (Å²) >= 11 is 0. The Balaban J connectivity index is 1.43. The van der Waals surface area contributed by atoms with E-state index in [0.29, 0.717) is 48.0 Å². The van der Waals surface area contributed by atoms with E-state index in [2.05, 4.69) is 15.2 Å². The smallest absolute Gasteiger partial charge is 0.265 e. The Morgan fingerprint density at radius 1 is 1.15 bits per heavy atom. The van der Waals surface area contributed by atoms with Crippen LogP contribution in [0, 0.1) is 6.92 Å². The second-order valence-corrected chi connectivity index (χ2v) is 9.00. The van der Waals surface area contributed by atoms with Crippen LogP contribution in [0.3, 0.4) is 0 Å². The lowest BCUT2D eigenvalue weighted by Gasteiger charge is -2.24. The predicted molar refractivity (Wildman–Crippen MR) is 130 cm³/mol. The standard InChI is InChI=1S/C25H33N5O4/c1-17-15-26-25(34-17)24-28-20-14-22(33-12-6-10-30-8-3-4-9-30)21(31-2)13-19(20)23(29-24)27-18-7-5-11-32-16-18/h13-15,18H,3-12,16H2,1-2H3,(H,27,28,29). The van der Waals surface area contributed by atoms with Gasteiger partial charge >= 0.3 is 0 Å². The molecule has 3 aromatic rings. The highest BCUT2D eigenvalue weighted by Crippen LogP contribution is 2.36. The number of fused-ring (bicyclic) bond motifs is 1. The third-order valence-electron chi connectivity index (χ3n) is 6.37. The van der Waals surface area contributed by atoms with Gasteiger partial charge in [-0.05, 0) is 58.2 Å². The Hall–Kier alpha value is -2.91. The molecule has 0 aliphatic carbocycles. The third-order valence-corrected chi connectivity index (χ3v) is 6.37. The van der Waals surface area contributed by atoms with Gasteiger partial charge in [0.15, 0.2) is 11.5 Å². The molecular weight excluding hydrogens is 434 g/mol. The number of oxazole rings is 1. The molecule has 1 unspecified atom stereocenters. The van der Waals surface area contributed by atoms with Crippen molar-refractivity contribution < 1.29 is 18.6 Å². The maximum absolute atomic E-state index is 6.14. The molecule has 0 bridgehead atoms. The van der Waals surface area contributed by atoms with Crippen molar-refractivity contribution >= 4 is 16.7 Å². The monoisotopic (exact) mass is 467 g/mol. The Kier molecular flexibility index (Phi) is 7.10. The number of hydrogen-bond acceptors (Lipinski definition) is 9. The van der Waals surface area contributed by atoms with Gasteiger partial charge in [0.05, 0.1) is 38.1 Å². The zero-order valence-electron chi connectivity index (χ0n) is 20.0. The molecular formula is C25H33N5O4. The highest BCUT2D eigenvalue weighted by molar-refractivity contribution is 5.93. The molecule has 34 heavy (non-hydrogen) atoms. The zero-order chi connectivity index (χ0) is 23.3. The van der Waals surface area contributed by atoms with E-state index >= 15 is 0 Å². The van der Waals surface area contributed by atoms with E-state index in [0.717, 1.165) is 43.3 Å². The average molecular weight is 468 g/mol. The summed E-state index contributed by atoms with van der Waals surface area (Å²) in [4.78, 5) is 16.3. The van der Waals surface area contributed by atoms with E-state index in [-0.39, 0.29) is 6.04 Å². The molecule has 1 aromatic carbocycles. The molecule has 5 rings (SSSR count). The molecule has 1 atom stereocenters. The first-order valence-electron chi connectivity index (χ1n) is 12.2. The lowest BCUT2D eigenvalue weighted by Crippen LogP contribution is -2.30. The first-order chi connectivity index (χ1) is 16.7. The number of nitrogens with one attached hydrogen (secondary N) is 1. The Morgan fingerprint density at radius 3 is 2.76 bits per heavy atom. The number of anilines is 1. The maximum Gasteiger partial charge on any atom is 0.265 e. The number of aryl methyl sites for hydroxylation is 1. The van der Waals surface area contributed by atoms with Gasteiger partial charge in [0.25, 0.3) is 5.89 Å². The molecule has 2 saturated heterocycles. The van der Waals surface area contributed by atoms with Crippen LogP contribution in [0.4, 0.5) is 5.82 Å². The molecule has 9 nitrogen and oxygen atoms in total. The minimum atomic E-state index is 0.179. The van der Waals surface area contributed by atoms with Crippen molar-refractivity contribution in [3.8, 4) is 23.2 Å². The van der Waals surface area contributed by atoms with Crippen molar-refractivity contribution in [3.63, 3.8) is 0 Å². The Morgan fingerprint density at radius 2 is 2.03 bits per heavy atom. The van der Waals surface area contributed by atoms with Crippen molar-refractivity contribution in [1.82, 2.24) is 19.9 Å². The molecule has 1 N–H and O–H groups in total. The molecule has 2 aliphatic heterocycles.